The fourth-order valence-corrected chi connectivity index (χ4v) is 4.65. The number of hydrogen-bond acceptors (Lipinski definition) is 4. The van der Waals surface area contributed by atoms with Gasteiger partial charge >= 0.3 is 5.97 Å². The average Bonchev–Trinajstić information content (AvgIpc) is 3.25. The molecule has 0 amide bonds. The van der Waals surface area contributed by atoms with E-state index in [4.69, 9.17) is 5.73 Å². The first-order valence-corrected chi connectivity index (χ1v) is 12.0. The Balaban J connectivity index is 1.41. The maximum absolute atomic E-state index is 12.3. The molecule has 174 valence electrons. The van der Waals surface area contributed by atoms with Crippen LogP contribution >= 0.6 is 0 Å². The smallest absolute Gasteiger partial charge is 0.306 e. The molecule has 1 aliphatic carbocycles. The SMILES string of the molecule is CC1CCC(n2cnc(CC(CCCCC(=O)[C@@H](N)Cc3ccccc3)C(=O)O)c2)CC1. The van der Waals surface area contributed by atoms with E-state index in [1.807, 2.05) is 42.9 Å². The number of rotatable bonds is 12. The van der Waals surface area contributed by atoms with Gasteiger partial charge in [0.05, 0.1) is 24.0 Å². The van der Waals surface area contributed by atoms with E-state index in [2.05, 4.69) is 16.5 Å². The number of aliphatic carboxylic acids is 1. The van der Waals surface area contributed by atoms with Gasteiger partial charge in [0.15, 0.2) is 0 Å². The number of aromatic nitrogens is 2. The highest BCUT2D eigenvalue weighted by Crippen LogP contribution is 2.32. The molecule has 3 N–H and O–H groups in total. The van der Waals surface area contributed by atoms with E-state index in [-0.39, 0.29) is 5.78 Å². The lowest BCUT2D eigenvalue weighted by molar-refractivity contribution is -0.142. The number of benzene rings is 1. The van der Waals surface area contributed by atoms with Crippen molar-refractivity contribution in [2.45, 2.75) is 83.2 Å². The van der Waals surface area contributed by atoms with Crippen LogP contribution in [0.2, 0.25) is 0 Å². The van der Waals surface area contributed by atoms with Gasteiger partial charge in [-0.3, -0.25) is 9.59 Å². The normalized spacial score (nSPS) is 20.6. The molecule has 2 aromatic rings. The minimum Gasteiger partial charge on any atom is -0.481 e. The average molecular weight is 440 g/mol. The second kappa shape index (κ2) is 12.0. The molecule has 0 radical (unpaired) electrons. The third-order valence-electron chi connectivity index (χ3n) is 6.80. The topological polar surface area (TPSA) is 98.2 Å². The first-order valence-electron chi connectivity index (χ1n) is 12.0. The molecule has 1 aliphatic rings. The summed E-state index contributed by atoms with van der Waals surface area (Å²) < 4.78 is 2.17. The van der Waals surface area contributed by atoms with Gasteiger partial charge < -0.3 is 15.4 Å². The molecule has 32 heavy (non-hydrogen) atoms. The molecule has 1 heterocycles. The van der Waals surface area contributed by atoms with Gasteiger partial charge in [-0.05, 0) is 56.4 Å². The van der Waals surface area contributed by atoms with E-state index in [1.54, 1.807) is 0 Å². The van der Waals surface area contributed by atoms with Crippen LogP contribution in [-0.2, 0) is 22.4 Å². The van der Waals surface area contributed by atoms with Crippen LogP contribution in [0.4, 0.5) is 0 Å². The lowest BCUT2D eigenvalue weighted by Gasteiger charge is -2.26. The van der Waals surface area contributed by atoms with Crippen molar-refractivity contribution in [3.63, 3.8) is 0 Å². The molecular formula is C26H37N3O3. The highest BCUT2D eigenvalue weighted by molar-refractivity contribution is 5.84. The monoisotopic (exact) mass is 439 g/mol. The molecule has 2 atom stereocenters. The highest BCUT2D eigenvalue weighted by Gasteiger charge is 2.22. The maximum Gasteiger partial charge on any atom is 0.306 e. The van der Waals surface area contributed by atoms with Crippen molar-refractivity contribution >= 4 is 11.8 Å². The largest absolute Gasteiger partial charge is 0.481 e. The van der Waals surface area contributed by atoms with Crippen molar-refractivity contribution in [2.75, 3.05) is 0 Å². The van der Waals surface area contributed by atoms with Gasteiger partial charge in [0.25, 0.3) is 0 Å². The van der Waals surface area contributed by atoms with E-state index in [0.717, 1.165) is 17.2 Å². The minimum atomic E-state index is -0.793. The van der Waals surface area contributed by atoms with Gasteiger partial charge in [0.2, 0.25) is 0 Å². The zero-order chi connectivity index (χ0) is 22.9. The fraction of sp³-hybridized carbons (Fsp3) is 0.577. The first kappa shape index (κ1) is 24.2. The van der Waals surface area contributed by atoms with Gasteiger partial charge in [-0.1, -0.05) is 43.7 Å². The number of ketones is 1. The van der Waals surface area contributed by atoms with Crippen LogP contribution in [0.15, 0.2) is 42.9 Å². The second-order valence-corrected chi connectivity index (χ2v) is 9.47. The summed E-state index contributed by atoms with van der Waals surface area (Å²) in [7, 11) is 0. The Morgan fingerprint density at radius 3 is 2.53 bits per heavy atom. The summed E-state index contributed by atoms with van der Waals surface area (Å²) in [6.07, 6.45) is 12.0. The van der Waals surface area contributed by atoms with Crippen molar-refractivity contribution in [2.24, 2.45) is 17.6 Å². The number of carboxylic acids is 1. The molecular weight excluding hydrogens is 402 g/mol. The molecule has 0 saturated heterocycles. The number of Topliss-reactive ketones (excluding diaryl/α,β-unsaturated/α-hetero) is 1. The summed E-state index contributed by atoms with van der Waals surface area (Å²) in [5.74, 6) is -0.428. The molecule has 0 aliphatic heterocycles. The van der Waals surface area contributed by atoms with Crippen molar-refractivity contribution in [3.8, 4) is 0 Å². The Labute approximate surface area is 191 Å². The van der Waals surface area contributed by atoms with E-state index in [1.165, 1.54) is 25.7 Å². The lowest BCUT2D eigenvalue weighted by atomic mass is 9.87. The molecule has 1 fully saturated rings. The number of carboxylic acid groups (broad SMARTS) is 1. The molecule has 6 nitrogen and oxygen atoms in total. The standard InChI is InChI=1S/C26H37N3O3/c1-19-11-13-23(14-12-19)29-17-22(28-18-29)16-21(26(31)32)9-5-6-10-25(30)24(27)15-20-7-3-2-4-8-20/h2-4,7-8,17-19,21,23-24H,5-6,9-16,27H2,1H3,(H,31,32)/t19?,21?,23?,24-/m0/s1. The number of imidazole rings is 1. The Bertz CT molecular complexity index is 856. The van der Waals surface area contributed by atoms with Crippen LogP contribution in [0.1, 0.15) is 75.6 Å². The Morgan fingerprint density at radius 1 is 1.12 bits per heavy atom. The van der Waals surface area contributed by atoms with Crippen LogP contribution in [0.5, 0.6) is 0 Å². The van der Waals surface area contributed by atoms with Gasteiger partial charge in [0.1, 0.15) is 5.78 Å². The summed E-state index contributed by atoms with van der Waals surface area (Å²) in [6, 6.07) is 9.76. The third-order valence-corrected chi connectivity index (χ3v) is 6.80. The van der Waals surface area contributed by atoms with E-state index >= 15 is 0 Å². The second-order valence-electron chi connectivity index (χ2n) is 9.47. The number of carbonyl (C=O) groups is 2. The van der Waals surface area contributed by atoms with Crippen LogP contribution in [-0.4, -0.2) is 32.5 Å². The van der Waals surface area contributed by atoms with E-state index < -0.39 is 17.9 Å². The molecule has 6 heteroatoms. The minimum absolute atomic E-state index is 0.0428. The number of unbranched alkanes of at least 4 members (excludes halogenated alkanes) is 1. The van der Waals surface area contributed by atoms with E-state index in [9.17, 15) is 14.7 Å². The Kier molecular flexibility index (Phi) is 9.03. The first-order chi connectivity index (χ1) is 15.4. The van der Waals surface area contributed by atoms with Crippen LogP contribution in [0.3, 0.4) is 0 Å². The molecule has 0 spiro atoms. The predicted octanol–water partition coefficient (Wildman–Crippen LogP) is 4.58. The highest BCUT2D eigenvalue weighted by atomic mass is 16.4. The summed E-state index contributed by atoms with van der Waals surface area (Å²) >= 11 is 0. The zero-order valence-corrected chi connectivity index (χ0v) is 19.2. The number of nitrogens with two attached hydrogens (primary N) is 1. The number of hydrogen-bond donors (Lipinski definition) is 2. The van der Waals surface area contributed by atoms with Gasteiger partial charge in [-0.2, -0.15) is 0 Å². The van der Waals surface area contributed by atoms with E-state index in [0.29, 0.717) is 44.6 Å². The molecule has 0 bridgehead atoms. The summed E-state index contributed by atoms with van der Waals surface area (Å²) in [5.41, 5.74) is 7.96. The quantitative estimate of drug-likeness (QED) is 0.472. The van der Waals surface area contributed by atoms with Gasteiger partial charge in [0, 0.05) is 25.1 Å². The molecule has 3 rings (SSSR count). The number of carbonyl (C=O) groups excluding carboxylic acids is 1. The maximum atomic E-state index is 12.3. The fourth-order valence-electron chi connectivity index (χ4n) is 4.65. The molecule has 1 unspecified atom stereocenters. The third kappa shape index (κ3) is 7.30. The predicted molar refractivity (Wildman–Crippen MR) is 125 cm³/mol. The Hall–Kier alpha value is -2.47. The van der Waals surface area contributed by atoms with Crippen molar-refractivity contribution < 1.29 is 14.7 Å². The Morgan fingerprint density at radius 2 is 1.84 bits per heavy atom. The number of nitrogens with zero attached hydrogens (tertiary/aromatic N) is 2. The summed E-state index contributed by atoms with van der Waals surface area (Å²) in [5, 5.41) is 9.66. The lowest BCUT2D eigenvalue weighted by Crippen LogP contribution is -2.32. The molecule has 1 aromatic heterocycles. The summed E-state index contributed by atoms with van der Waals surface area (Å²) in [6.45, 7) is 2.30. The van der Waals surface area contributed by atoms with Crippen molar-refractivity contribution in [3.05, 3.63) is 54.1 Å². The van der Waals surface area contributed by atoms with Gasteiger partial charge in [-0.15, -0.1) is 0 Å². The molecule has 1 saturated carbocycles. The van der Waals surface area contributed by atoms with Gasteiger partial charge in [-0.25, -0.2) is 4.98 Å². The zero-order valence-electron chi connectivity index (χ0n) is 19.2. The summed E-state index contributed by atoms with van der Waals surface area (Å²) in [4.78, 5) is 28.6. The van der Waals surface area contributed by atoms with Crippen molar-refractivity contribution in [1.82, 2.24) is 9.55 Å². The molecule has 1 aromatic carbocycles. The van der Waals surface area contributed by atoms with Crippen molar-refractivity contribution in [1.29, 1.82) is 0 Å². The van der Waals surface area contributed by atoms with Crippen LogP contribution in [0, 0.1) is 11.8 Å². The van der Waals surface area contributed by atoms with Crippen LogP contribution in [0.25, 0.3) is 0 Å². The van der Waals surface area contributed by atoms with Crippen LogP contribution < -0.4 is 5.73 Å².